The van der Waals surface area contributed by atoms with Crippen LogP contribution in [0.3, 0.4) is 0 Å². The fourth-order valence-electron chi connectivity index (χ4n) is 2.94. The van der Waals surface area contributed by atoms with Crippen molar-refractivity contribution in [2.45, 2.75) is 66.2 Å². The van der Waals surface area contributed by atoms with E-state index in [4.69, 9.17) is 0 Å². The van der Waals surface area contributed by atoms with Crippen molar-refractivity contribution in [3.8, 4) is 0 Å². The Bertz CT molecular complexity index is 624. The molecule has 0 heterocycles. The molecule has 2 aromatic carbocycles. The highest BCUT2D eigenvalue weighted by Gasteiger charge is 2.12. The van der Waals surface area contributed by atoms with Crippen molar-refractivity contribution in [2.24, 2.45) is 0 Å². The maximum Gasteiger partial charge on any atom is -0.0132 e. The van der Waals surface area contributed by atoms with Gasteiger partial charge in [-0.15, -0.1) is 0 Å². The normalized spacial score (nSPS) is 11.7. The number of hydrogen-bond donors (Lipinski definition) is 0. The molecule has 0 saturated heterocycles. The first-order chi connectivity index (χ1) is 10.3. The number of rotatable bonds is 4. The molecule has 0 aliphatic heterocycles. The Balaban J connectivity index is 1.95. The summed E-state index contributed by atoms with van der Waals surface area (Å²) in [7, 11) is 0. The molecular formula is C22H30. The van der Waals surface area contributed by atoms with Crippen molar-refractivity contribution in [2.75, 3.05) is 0 Å². The molecule has 2 rings (SSSR count). The standard InChI is InChI=1S/C22H30/c1-16-14-18(3)20(15-17(16)2)9-7-8-19-10-12-21(13-11-19)22(4,5)6/h10-15H,7-9H2,1-6H3. The van der Waals surface area contributed by atoms with Gasteiger partial charge in [-0.3, -0.25) is 0 Å². The van der Waals surface area contributed by atoms with Gasteiger partial charge in [0.25, 0.3) is 0 Å². The zero-order valence-corrected chi connectivity index (χ0v) is 15.1. The number of benzene rings is 2. The van der Waals surface area contributed by atoms with Gasteiger partial charge in [0.15, 0.2) is 0 Å². The van der Waals surface area contributed by atoms with Gasteiger partial charge in [-0.25, -0.2) is 0 Å². The van der Waals surface area contributed by atoms with Gasteiger partial charge in [-0.1, -0.05) is 57.2 Å². The van der Waals surface area contributed by atoms with E-state index in [-0.39, 0.29) is 5.41 Å². The average Bonchev–Trinajstić information content (AvgIpc) is 2.44. The third-order valence-corrected chi connectivity index (χ3v) is 4.68. The lowest BCUT2D eigenvalue weighted by atomic mass is 9.86. The summed E-state index contributed by atoms with van der Waals surface area (Å²) in [6.45, 7) is 13.5. The first-order valence-corrected chi connectivity index (χ1v) is 8.43. The minimum absolute atomic E-state index is 0.245. The van der Waals surface area contributed by atoms with Crippen LogP contribution in [-0.2, 0) is 18.3 Å². The molecule has 0 saturated carbocycles. The molecule has 0 aliphatic rings. The average molecular weight is 294 g/mol. The van der Waals surface area contributed by atoms with E-state index in [1.807, 2.05) is 0 Å². The van der Waals surface area contributed by atoms with Crippen LogP contribution >= 0.6 is 0 Å². The molecule has 118 valence electrons. The molecule has 0 nitrogen and oxygen atoms in total. The van der Waals surface area contributed by atoms with Gasteiger partial charge >= 0.3 is 0 Å². The quantitative estimate of drug-likeness (QED) is 0.640. The van der Waals surface area contributed by atoms with Crippen molar-refractivity contribution in [3.05, 3.63) is 69.8 Å². The largest absolute Gasteiger partial charge is 0.0588 e. The van der Waals surface area contributed by atoms with E-state index in [1.165, 1.54) is 46.2 Å². The van der Waals surface area contributed by atoms with Gasteiger partial charge in [-0.2, -0.15) is 0 Å². The maximum absolute atomic E-state index is 2.37. The summed E-state index contributed by atoms with van der Waals surface area (Å²) in [4.78, 5) is 0. The van der Waals surface area contributed by atoms with Gasteiger partial charge in [-0.05, 0) is 78.8 Å². The fraction of sp³-hybridized carbons (Fsp3) is 0.455. The van der Waals surface area contributed by atoms with Crippen LogP contribution in [0.2, 0.25) is 0 Å². The topological polar surface area (TPSA) is 0 Å². The smallest absolute Gasteiger partial charge is 0.0132 e. The molecule has 0 aliphatic carbocycles. The van der Waals surface area contributed by atoms with E-state index >= 15 is 0 Å². The van der Waals surface area contributed by atoms with Crippen molar-refractivity contribution in [1.82, 2.24) is 0 Å². The van der Waals surface area contributed by atoms with Crippen LogP contribution in [0.15, 0.2) is 36.4 Å². The molecular weight excluding hydrogens is 264 g/mol. The van der Waals surface area contributed by atoms with Gasteiger partial charge in [0.05, 0.1) is 0 Å². The monoisotopic (exact) mass is 294 g/mol. The van der Waals surface area contributed by atoms with Crippen molar-refractivity contribution in [3.63, 3.8) is 0 Å². The molecule has 0 radical (unpaired) electrons. The van der Waals surface area contributed by atoms with E-state index in [0.717, 1.165) is 6.42 Å². The third-order valence-electron chi connectivity index (χ3n) is 4.68. The van der Waals surface area contributed by atoms with Crippen LogP contribution in [0, 0.1) is 20.8 Å². The minimum atomic E-state index is 0.245. The summed E-state index contributed by atoms with van der Waals surface area (Å²) in [6, 6.07) is 13.9. The lowest BCUT2D eigenvalue weighted by Gasteiger charge is -2.19. The van der Waals surface area contributed by atoms with Crippen LogP contribution < -0.4 is 0 Å². The summed E-state index contributed by atoms with van der Waals surface area (Å²) in [5.74, 6) is 0. The van der Waals surface area contributed by atoms with Crippen molar-refractivity contribution < 1.29 is 0 Å². The first-order valence-electron chi connectivity index (χ1n) is 8.43. The lowest BCUT2D eigenvalue weighted by Crippen LogP contribution is -2.10. The summed E-state index contributed by atoms with van der Waals surface area (Å²) in [5.41, 5.74) is 8.88. The molecule has 2 aromatic rings. The fourth-order valence-corrected chi connectivity index (χ4v) is 2.94. The van der Waals surface area contributed by atoms with E-state index in [0.29, 0.717) is 0 Å². The summed E-state index contributed by atoms with van der Waals surface area (Å²) < 4.78 is 0. The molecule has 0 unspecified atom stereocenters. The summed E-state index contributed by atoms with van der Waals surface area (Å²) in [5, 5.41) is 0. The highest BCUT2D eigenvalue weighted by Crippen LogP contribution is 2.23. The molecule has 0 N–H and O–H groups in total. The predicted molar refractivity (Wildman–Crippen MR) is 97.8 cm³/mol. The zero-order chi connectivity index (χ0) is 16.3. The Morgan fingerprint density at radius 2 is 1.32 bits per heavy atom. The molecule has 0 bridgehead atoms. The Kier molecular flexibility index (Phi) is 5.11. The van der Waals surface area contributed by atoms with Gasteiger partial charge in [0.2, 0.25) is 0 Å². The Hall–Kier alpha value is -1.56. The molecule has 0 aromatic heterocycles. The minimum Gasteiger partial charge on any atom is -0.0588 e. The van der Waals surface area contributed by atoms with E-state index in [1.54, 1.807) is 0 Å². The van der Waals surface area contributed by atoms with Gasteiger partial charge < -0.3 is 0 Å². The number of hydrogen-bond acceptors (Lipinski definition) is 0. The second kappa shape index (κ2) is 6.69. The molecule has 22 heavy (non-hydrogen) atoms. The van der Waals surface area contributed by atoms with Crippen molar-refractivity contribution >= 4 is 0 Å². The van der Waals surface area contributed by atoms with Gasteiger partial charge in [0.1, 0.15) is 0 Å². The molecule has 0 spiro atoms. The third kappa shape index (κ3) is 4.22. The molecule has 0 heteroatoms. The SMILES string of the molecule is Cc1cc(C)c(CCCc2ccc(C(C)(C)C)cc2)cc1C. The maximum atomic E-state index is 2.37. The Labute approximate surface area is 136 Å². The van der Waals surface area contributed by atoms with Crippen LogP contribution in [0.4, 0.5) is 0 Å². The van der Waals surface area contributed by atoms with Crippen LogP contribution in [0.25, 0.3) is 0 Å². The number of aryl methyl sites for hydroxylation is 5. The first kappa shape index (κ1) is 16.8. The Morgan fingerprint density at radius 3 is 1.91 bits per heavy atom. The lowest BCUT2D eigenvalue weighted by molar-refractivity contribution is 0.590. The van der Waals surface area contributed by atoms with Crippen molar-refractivity contribution in [1.29, 1.82) is 0 Å². The van der Waals surface area contributed by atoms with Gasteiger partial charge in [0, 0.05) is 0 Å². The van der Waals surface area contributed by atoms with Crippen LogP contribution in [0.1, 0.15) is 60.6 Å². The second-order valence-electron chi connectivity index (χ2n) is 7.66. The predicted octanol–water partition coefficient (Wildman–Crippen LogP) is 6.08. The highest BCUT2D eigenvalue weighted by molar-refractivity contribution is 5.36. The second-order valence-corrected chi connectivity index (χ2v) is 7.66. The Morgan fingerprint density at radius 1 is 0.727 bits per heavy atom. The van der Waals surface area contributed by atoms with Crippen LogP contribution in [0.5, 0.6) is 0 Å². The van der Waals surface area contributed by atoms with E-state index in [9.17, 15) is 0 Å². The highest BCUT2D eigenvalue weighted by atomic mass is 14.2. The molecule has 0 fully saturated rings. The van der Waals surface area contributed by atoms with E-state index in [2.05, 4.69) is 77.9 Å². The van der Waals surface area contributed by atoms with Crippen LogP contribution in [-0.4, -0.2) is 0 Å². The zero-order valence-electron chi connectivity index (χ0n) is 15.1. The summed E-state index contributed by atoms with van der Waals surface area (Å²) >= 11 is 0. The summed E-state index contributed by atoms with van der Waals surface area (Å²) in [6.07, 6.45) is 3.56. The molecule has 0 atom stereocenters. The molecule has 0 amide bonds. The van der Waals surface area contributed by atoms with E-state index < -0.39 is 0 Å².